The lowest BCUT2D eigenvalue weighted by Crippen LogP contribution is -2.20. The summed E-state index contributed by atoms with van der Waals surface area (Å²) in [5.41, 5.74) is 10.4. The Morgan fingerprint density at radius 2 is 1.93 bits per heavy atom. The first kappa shape index (κ1) is 10.1. The van der Waals surface area contributed by atoms with Crippen molar-refractivity contribution in [2.45, 2.75) is 37.1 Å². The van der Waals surface area contributed by atoms with Gasteiger partial charge in [-0.2, -0.15) is 0 Å². The molecule has 0 heterocycles. The monoisotopic (exact) mass is 207 g/mol. The molecule has 76 valence electrons. The van der Waals surface area contributed by atoms with Crippen LogP contribution in [0.2, 0.25) is 0 Å². The van der Waals surface area contributed by atoms with Crippen molar-refractivity contribution in [1.82, 2.24) is 0 Å². The molecule has 0 saturated heterocycles. The third-order valence-corrected chi connectivity index (χ3v) is 3.91. The molecule has 0 aromatic heterocycles. The van der Waals surface area contributed by atoms with E-state index >= 15 is 0 Å². The van der Waals surface area contributed by atoms with Crippen LogP contribution >= 0.6 is 11.8 Å². The minimum absolute atomic E-state index is 0.000579. The molecule has 0 unspecified atom stereocenters. The van der Waals surface area contributed by atoms with Crippen LogP contribution in [0.5, 0.6) is 0 Å². The highest BCUT2D eigenvalue weighted by molar-refractivity contribution is 7.98. The molecule has 2 N–H and O–H groups in total. The summed E-state index contributed by atoms with van der Waals surface area (Å²) >= 11 is 1.79. The second-order valence-electron chi connectivity index (χ2n) is 4.27. The van der Waals surface area contributed by atoms with Gasteiger partial charge in [0.1, 0.15) is 0 Å². The van der Waals surface area contributed by atoms with Crippen LogP contribution in [-0.4, -0.2) is 6.26 Å². The van der Waals surface area contributed by atoms with E-state index in [1.54, 1.807) is 11.8 Å². The molecule has 1 saturated carbocycles. The van der Waals surface area contributed by atoms with Crippen molar-refractivity contribution in [3.05, 3.63) is 28.8 Å². The van der Waals surface area contributed by atoms with Crippen molar-refractivity contribution in [2.24, 2.45) is 5.73 Å². The number of hydrogen-bond acceptors (Lipinski definition) is 2. The molecule has 0 atom stereocenters. The number of thioether (sulfide) groups is 1. The predicted molar refractivity (Wildman–Crippen MR) is 62.8 cm³/mol. The van der Waals surface area contributed by atoms with E-state index < -0.39 is 0 Å². The largest absolute Gasteiger partial charge is 0.321 e. The summed E-state index contributed by atoms with van der Waals surface area (Å²) in [5.74, 6) is 0. The normalized spacial score (nSPS) is 18.3. The first-order valence-electron chi connectivity index (χ1n) is 5.01. The molecular formula is C12H17NS. The fraction of sp³-hybridized carbons (Fsp3) is 0.500. The quantitative estimate of drug-likeness (QED) is 0.754. The standard InChI is InChI=1S/C12H17NS/c1-8-6-10(14-3)7-11(9(8)2)12(13)4-5-12/h6-7H,4-5,13H2,1-3H3. The van der Waals surface area contributed by atoms with Gasteiger partial charge in [0.2, 0.25) is 0 Å². The molecule has 1 aromatic rings. The zero-order chi connectivity index (χ0) is 10.3. The Balaban J connectivity index is 2.52. The van der Waals surface area contributed by atoms with E-state index in [1.807, 2.05) is 0 Å². The van der Waals surface area contributed by atoms with Gasteiger partial charge in [-0.1, -0.05) is 0 Å². The van der Waals surface area contributed by atoms with Gasteiger partial charge in [0.25, 0.3) is 0 Å². The highest BCUT2D eigenvalue weighted by Crippen LogP contribution is 2.45. The maximum atomic E-state index is 6.25. The molecule has 0 aliphatic heterocycles. The minimum atomic E-state index is 0.000579. The Hall–Kier alpha value is -0.470. The third kappa shape index (κ3) is 1.57. The average molecular weight is 207 g/mol. The van der Waals surface area contributed by atoms with Gasteiger partial charge in [-0.15, -0.1) is 11.8 Å². The van der Waals surface area contributed by atoms with E-state index in [0.717, 1.165) is 12.8 Å². The van der Waals surface area contributed by atoms with E-state index in [9.17, 15) is 0 Å². The second kappa shape index (κ2) is 3.28. The van der Waals surface area contributed by atoms with Gasteiger partial charge in [-0.25, -0.2) is 0 Å². The van der Waals surface area contributed by atoms with E-state index in [2.05, 4.69) is 32.2 Å². The Bertz CT molecular complexity index is 367. The van der Waals surface area contributed by atoms with Crippen molar-refractivity contribution < 1.29 is 0 Å². The molecule has 1 aliphatic rings. The van der Waals surface area contributed by atoms with Crippen LogP contribution in [0.1, 0.15) is 29.5 Å². The van der Waals surface area contributed by atoms with Crippen LogP contribution in [0.4, 0.5) is 0 Å². The molecule has 0 amide bonds. The van der Waals surface area contributed by atoms with Gasteiger partial charge in [0.05, 0.1) is 0 Å². The molecule has 0 radical (unpaired) electrons. The molecule has 14 heavy (non-hydrogen) atoms. The Labute approximate surface area is 90.1 Å². The summed E-state index contributed by atoms with van der Waals surface area (Å²) in [6.07, 6.45) is 4.40. The predicted octanol–water partition coefficient (Wildman–Crippen LogP) is 2.97. The molecule has 1 fully saturated rings. The SMILES string of the molecule is CSc1cc(C)c(C)c(C2(N)CC2)c1. The lowest BCUT2D eigenvalue weighted by atomic mass is 9.96. The van der Waals surface area contributed by atoms with Crippen molar-refractivity contribution in [1.29, 1.82) is 0 Å². The summed E-state index contributed by atoms with van der Waals surface area (Å²) in [6, 6.07) is 4.51. The fourth-order valence-corrected chi connectivity index (χ4v) is 2.40. The lowest BCUT2D eigenvalue weighted by molar-refractivity contribution is 0.728. The molecule has 0 spiro atoms. The summed E-state index contributed by atoms with van der Waals surface area (Å²) in [4.78, 5) is 1.33. The van der Waals surface area contributed by atoms with Crippen LogP contribution in [-0.2, 0) is 5.54 Å². The smallest absolute Gasteiger partial charge is 0.0414 e. The summed E-state index contributed by atoms with van der Waals surface area (Å²) in [6.45, 7) is 4.35. The van der Waals surface area contributed by atoms with Gasteiger partial charge >= 0.3 is 0 Å². The third-order valence-electron chi connectivity index (χ3n) is 3.20. The molecule has 0 bridgehead atoms. The molecule has 1 aromatic carbocycles. The first-order chi connectivity index (χ1) is 6.57. The maximum Gasteiger partial charge on any atom is 0.0414 e. The van der Waals surface area contributed by atoms with Crippen LogP contribution in [0.3, 0.4) is 0 Å². The number of rotatable bonds is 2. The zero-order valence-corrected chi connectivity index (χ0v) is 9.87. The highest BCUT2D eigenvalue weighted by Gasteiger charge is 2.41. The van der Waals surface area contributed by atoms with E-state index in [4.69, 9.17) is 5.73 Å². The Kier molecular flexibility index (Phi) is 2.36. The maximum absolute atomic E-state index is 6.25. The topological polar surface area (TPSA) is 26.0 Å². The number of nitrogens with two attached hydrogens (primary N) is 1. The highest BCUT2D eigenvalue weighted by atomic mass is 32.2. The Morgan fingerprint density at radius 3 is 2.43 bits per heavy atom. The van der Waals surface area contributed by atoms with E-state index in [-0.39, 0.29) is 5.54 Å². The van der Waals surface area contributed by atoms with Crippen molar-refractivity contribution in [2.75, 3.05) is 6.26 Å². The average Bonchev–Trinajstić information content (AvgIpc) is 2.89. The molecule has 1 aliphatic carbocycles. The molecular weight excluding hydrogens is 190 g/mol. The van der Waals surface area contributed by atoms with Gasteiger partial charge in [-0.3, -0.25) is 0 Å². The van der Waals surface area contributed by atoms with Gasteiger partial charge < -0.3 is 5.73 Å². The van der Waals surface area contributed by atoms with Crippen LogP contribution < -0.4 is 5.73 Å². The number of aryl methyl sites for hydroxylation is 1. The van der Waals surface area contributed by atoms with Gasteiger partial charge in [-0.05, 0) is 61.8 Å². The van der Waals surface area contributed by atoms with Crippen LogP contribution in [0.25, 0.3) is 0 Å². The zero-order valence-electron chi connectivity index (χ0n) is 9.05. The summed E-state index contributed by atoms with van der Waals surface area (Å²) in [7, 11) is 0. The number of hydrogen-bond donors (Lipinski definition) is 1. The fourth-order valence-electron chi connectivity index (χ4n) is 1.87. The Morgan fingerprint density at radius 1 is 1.29 bits per heavy atom. The molecule has 2 heteroatoms. The van der Waals surface area contributed by atoms with E-state index in [0.29, 0.717) is 0 Å². The minimum Gasteiger partial charge on any atom is -0.321 e. The van der Waals surface area contributed by atoms with E-state index in [1.165, 1.54) is 21.6 Å². The molecule has 1 nitrogen and oxygen atoms in total. The van der Waals surface area contributed by atoms with Crippen molar-refractivity contribution in [3.8, 4) is 0 Å². The van der Waals surface area contributed by atoms with Crippen LogP contribution in [0, 0.1) is 13.8 Å². The first-order valence-corrected chi connectivity index (χ1v) is 6.24. The lowest BCUT2D eigenvalue weighted by Gasteiger charge is -2.16. The van der Waals surface area contributed by atoms with Crippen LogP contribution in [0.15, 0.2) is 17.0 Å². The van der Waals surface area contributed by atoms with Gasteiger partial charge in [0, 0.05) is 10.4 Å². The van der Waals surface area contributed by atoms with Crippen molar-refractivity contribution in [3.63, 3.8) is 0 Å². The number of benzene rings is 1. The summed E-state index contributed by atoms with van der Waals surface area (Å²) < 4.78 is 0. The van der Waals surface area contributed by atoms with Crippen molar-refractivity contribution >= 4 is 11.8 Å². The molecule has 2 rings (SSSR count). The summed E-state index contributed by atoms with van der Waals surface area (Å²) in [5, 5.41) is 0. The van der Waals surface area contributed by atoms with Gasteiger partial charge in [0.15, 0.2) is 0 Å². The second-order valence-corrected chi connectivity index (χ2v) is 5.15.